The largest absolute Gasteiger partial charge is 0.386 e. The number of benzene rings is 1. The molecule has 0 aliphatic heterocycles. The molecule has 0 fully saturated rings. The third kappa shape index (κ3) is 2.92. The van der Waals surface area contributed by atoms with E-state index in [-0.39, 0.29) is 5.82 Å². The summed E-state index contributed by atoms with van der Waals surface area (Å²) in [5.74, 6) is -0.291. The highest BCUT2D eigenvalue weighted by Crippen LogP contribution is 2.20. The molecule has 0 amide bonds. The Kier molecular flexibility index (Phi) is 3.59. The Morgan fingerprint density at radius 2 is 2.29 bits per heavy atom. The first-order valence-electron chi connectivity index (χ1n) is 5.18. The van der Waals surface area contributed by atoms with Gasteiger partial charge in [0.25, 0.3) is 0 Å². The number of aliphatic hydroxyl groups is 1. The van der Waals surface area contributed by atoms with E-state index < -0.39 is 6.10 Å². The monoisotopic (exact) mass is 298 g/mol. The van der Waals surface area contributed by atoms with Crippen LogP contribution in [-0.2, 0) is 6.54 Å². The summed E-state index contributed by atoms with van der Waals surface area (Å²) < 4.78 is 15.4. The highest BCUT2D eigenvalue weighted by molar-refractivity contribution is 9.10. The summed E-state index contributed by atoms with van der Waals surface area (Å²) in [7, 11) is 0. The van der Waals surface area contributed by atoms with Crippen LogP contribution in [0.15, 0.2) is 35.1 Å². The molecule has 2 aromatic rings. The molecule has 0 saturated heterocycles. The van der Waals surface area contributed by atoms with E-state index >= 15 is 0 Å². The second-order valence-corrected chi connectivity index (χ2v) is 4.81. The van der Waals surface area contributed by atoms with Gasteiger partial charge in [0.05, 0.1) is 23.3 Å². The van der Waals surface area contributed by atoms with Gasteiger partial charge in [-0.3, -0.25) is 4.68 Å². The van der Waals surface area contributed by atoms with Crippen LogP contribution < -0.4 is 0 Å². The summed E-state index contributed by atoms with van der Waals surface area (Å²) in [6, 6.07) is 4.37. The van der Waals surface area contributed by atoms with E-state index in [4.69, 9.17) is 0 Å². The van der Waals surface area contributed by atoms with E-state index in [1.807, 2.05) is 0 Å². The maximum atomic E-state index is 12.9. The molecule has 1 unspecified atom stereocenters. The van der Waals surface area contributed by atoms with Crippen molar-refractivity contribution in [3.63, 3.8) is 0 Å². The summed E-state index contributed by atoms with van der Waals surface area (Å²) in [5, 5.41) is 14.1. The maximum absolute atomic E-state index is 12.9. The van der Waals surface area contributed by atoms with Gasteiger partial charge in [-0.05, 0) is 46.1 Å². The molecule has 1 aromatic carbocycles. The second kappa shape index (κ2) is 4.98. The number of halogens is 2. The molecule has 0 spiro atoms. The minimum atomic E-state index is -0.692. The Morgan fingerprint density at radius 1 is 1.53 bits per heavy atom. The molecule has 2 rings (SSSR count). The lowest BCUT2D eigenvalue weighted by Crippen LogP contribution is -2.10. The molecular formula is C12H12BrFN2O. The summed E-state index contributed by atoms with van der Waals surface area (Å²) in [4.78, 5) is 0. The van der Waals surface area contributed by atoms with Crippen molar-refractivity contribution in [2.24, 2.45) is 0 Å². The van der Waals surface area contributed by atoms with Crippen molar-refractivity contribution >= 4 is 15.9 Å². The van der Waals surface area contributed by atoms with Gasteiger partial charge in [0.2, 0.25) is 0 Å². The SMILES string of the molecule is Cc1cc(F)ccc1C(O)Cn1cc(Br)cn1. The van der Waals surface area contributed by atoms with Gasteiger partial charge in [0, 0.05) is 6.20 Å². The fraction of sp³-hybridized carbons (Fsp3) is 0.250. The minimum absolute atomic E-state index is 0.291. The van der Waals surface area contributed by atoms with E-state index in [1.165, 1.54) is 12.1 Å². The number of hydrogen-bond acceptors (Lipinski definition) is 2. The Morgan fingerprint density at radius 3 is 2.88 bits per heavy atom. The van der Waals surface area contributed by atoms with Gasteiger partial charge in [-0.1, -0.05) is 6.07 Å². The fourth-order valence-electron chi connectivity index (χ4n) is 1.73. The molecular weight excluding hydrogens is 287 g/mol. The predicted octanol–water partition coefficient (Wildman–Crippen LogP) is 2.83. The average Bonchev–Trinajstić information content (AvgIpc) is 2.63. The van der Waals surface area contributed by atoms with Gasteiger partial charge < -0.3 is 5.11 Å². The lowest BCUT2D eigenvalue weighted by atomic mass is 10.0. The van der Waals surface area contributed by atoms with Crippen LogP contribution in [0.2, 0.25) is 0 Å². The maximum Gasteiger partial charge on any atom is 0.123 e. The summed E-state index contributed by atoms with van der Waals surface area (Å²) in [6.45, 7) is 2.12. The molecule has 0 aliphatic rings. The van der Waals surface area contributed by atoms with Gasteiger partial charge >= 0.3 is 0 Å². The minimum Gasteiger partial charge on any atom is -0.386 e. The zero-order valence-electron chi connectivity index (χ0n) is 9.27. The zero-order valence-corrected chi connectivity index (χ0v) is 10.9. The fourth-order valence-corrected chi connectivity index (χ4v) is 2.05. The lowest BCUT2D eigenvalue weighted by molar-refractivity contribution is 0.151. The van der Waals surface area contributed by atoms with Gasteiger partial charge in [0.15, 0.2) is 0 Å². The van der Waals surface area contributed by atoms with Crippen LogP contribution in [0, 0.1) is 12.7 Å². The molecule has 90 valence electrons. The van der Waals surface area contributed by atoms with Crippen LogP contribution in [0.4, 0.5) is 4.39 Å². The van der Waals surface area contributed by atoms with Gasteiger partial charge in [0.1, 0.15) is 5.82 Å². The third-order valence-electron chi connectivity index (χ3n) is 2.55. The number of aromatic nitrogens is 2. The van der Waals surface area contributed by atoms with E-state index in [2.05, 4.69) is 21.0 Å². The molecule has 1 aromatic heterocycles. The molecule has 1 atom stereocenters. The smallest absolute Gasteiger partial charge is 0.123 e. The summed E-state index contributed by atoms with van der Waals surface area (Å²) >= 11 is 3.29. The Labute approximate surface area is 107 Å². The van der Waals surface area contributed by atoms with E-state index in [0.29, 0.717) is 6.54 Å². The van der Waals surface area contributed by atoms with Crippen LogP contribution in [0.25, 0.3) is 0 Å². The highest BCUT2D eigenvalue weighted by Gasteiger charge is 2.12. The topological polar surface area (TPSA) is 38.0 Å². The first kappa shape index (κ1) is 12.3. The number of rotatable bonds is 3. The zero-order chi connectivity index (χ0) is 12.4. The van der Waals surface area contributed by atoms with Gasteiger partial charge in [-0.2, -0.15) is 5.10 Å². The Bertz CT molecular complexity index is 527. The summed E-state index contributed by atoms with van der Waals surface area (Å²) in [6.07, 6.45) is 2.74. The molecule has 1 N–H and O–H groups in total. The van der Waals surface area contributed by atoms with Crippen LogP contribution in [0.3, 0.4) is 0 Å². The Balaban J connectivity index is 2.17. The van der Waals surface area contributed by atoms with Crippen molar-refractivity contribution in [3.05, 3.63) is 52.0 Å². The molecule has 0 radical (unpaired) electrons. The molecule has 17 heavy (non-hydrogen) atoms. The average molecular weight is 299 g/mol. The number of aliphatic hydroxyl groups excluding tert-OH is 1. The molecule has 3 nitrogen and oxygen atoms in total. The molecule has 1 heterocycles. The number of hydrogen-bond donors (Lipinski definition) is 1. The van der Waals surface area contributed by atoms with E-state index in [1.54, 1.807) is 30.1 Å². The van der Waals surface area contributed by atoms with Crippen molar-refractivity contribution in [2.45, 2.75) is 19.6 Å². The van der Waals surface area contributed by atoms with Crippen molar-refractivity contribution in [2.75, 3.05) is 0 Å². The standard InChI is InChI=1S/C12H12BrFN2O/c1-8-4-10(14)2-3-11(8)12(17)7-16-6-9(13)5-15-16/h2-6,12,17H,7H2,1H3. The molecule has 5 heteroatoms. The van der Waals surface area contributed by atoms with Crippen molar-refractivity contribution in [1.29, 1.82) is 0 Å². The van der Waals surface area contributed by atoms with Crippen LogP contribution >= 0.6 is 15.9 Å². The quantitative estimate of drug-likeness (QED) is 0.946. The lowest BCUT2D eigenvalue weighted by Gasteiger charge is -2.13. The van der Waals surface area contributed by atoms with Crippen molar-refractivity contribution in [1.82, 2.24) is 9.78 Å². The normalized spacial score (nSPS) is 12.7. The number of aryl methyl sites for hydroxylation is 1. The van der Waals surface area contributed by atoms with Gasteiger partial charge in [-0.15, -0.1) is 0 Å². The van der Waals surface area contributed by atoms with Gasteiger partial charge in [-0.25, -0.2) is 4.39 Å². The first-order chi connectivity index (χ1) is 8.06. The second-order valence-electron chi connectivity index (χ2n) is 3.90. The molecule has 0 bridgehead atoms. The van der Waals surface area contributed by atoms with Crippen LogP contribution in [-0.4, -0.2) is 14.9 Å². The highest BCUT2D eigenvalue weighted by atomic mass is 79.9. The third-order valence-corrected chi connectivity index (χ3v) is 2.96. The van der Waals surface area contributed by atoms with E-state index in [0.717, 1.165) is 15.6 Å². The van der Waals surface area contributed by atoms with Crippen LogP contribution in [0.1, 0.15) is 17.2 Å². The van der Waals surface area contributed by atoms with E-state index in [9.17, 15) is 9.50 Å². The molecule has 0 saturated carbocycles. The van der Waals surface area contributed by atoms with Crippen molar-refractivity contribution < 1.29 is 9.50 Å². The summed E-state index contributed by atoms with van der Waals surface area (Å²) in [5.41, 5.74) is 1.46. The van der Waals surface area contributed by atoms with Crippen molar-refractivity contribution in [3.8, 4) is 0 Å². The Hall–Kier alpha value is -1.20. The predicted molar refractivity (Wildman–Crippen MR) is 66.0 cm³/mol. The number of nitrogens with zero attached hydrogens (tertiary/aromatic N) is 2. The molecule has 0 aliphatic carbocycles. The van der Waals surface area contributed by atoms with Crippen LogP contribution in [0.5, 0.6) is 0 Å². The first-order valence-corrected chi connectivity index (χ1v) is 5.97.